The molecule has 1 atom stereocenters. The molecule has 1 saturated heterocycles. The molecular weight excluding hydrogens is 260 g/mol. The van der Waals surface area contributed by atoms with Crippen molar-refractivity contribution in [1.29, 1.82) is 0 Å². The van der Waals surface area contributed by atoms with Crippen LogP contribution in [0.5, 0.6) is 0 Å². The third-order valence-electron chi connectivity index (χ3n) is 3.45. The first kappa shape index (κ1) is 14.5. The highest BCUT2D eigenvalue weighted by molar-refractivity contribution is 7.89. The molecule has 1 aliphatic rings. The van der Waals surface area contributed by atoms with E-state index in [1.807, 2.05) is 12.1 Å². The van der Waals surface area contributed by atoms with Crippen LogP contribution < -0.4 is 10.0 Å². The molecule has 0 radical (unpaired) electrons. The minimum Gasteiger partial charge on any atom is -0.315 e. The predicted molar refractivity (Wildman–Crippen MR) is 76.7 cm³/mol. The van der Waals surface area contributed by atoms with Gasteiger partial charge in [-0.25, -0.2) is 13.1 Å². The van der Waals surface area contributed by atoms with Crippen molar-refractivity contribution in [2.45, 2.75) is 43.5 Å². The monoisotopic (exact) mass is 282 g/mol. The number of hydrogen-bond acceptors (Lipinski definition) is 3. The number of sulfonamides is 1. The third kappa shape index (κ3) is 3.78. The number of benzene rings is 1. The molecule has 4 nitrogen and oxygen atoms in total. The molecule has 1 heterocycles. The fourth-order valence-electron chi connectivity index (χ4n) is 2.28. The molecule has 5 heteroatoms. The van der Waals surface area contributed by atoms with Gasteiger partial charge in [0.15, 0.2) is 0 Å². The lowest BCUT2D eigenvalue weighted by atomic mass is 10.0. The molecule has 1 fully saturated rings. The molecule has 106 valence electrons. The molecule has 1 aromatic rings. The van der Waals surface area contributed by atoms with Crippen LogP contribution in [0.3, 0.4) is 0 Å². The van der Waals surface area contributed by atoms with E-state index in [1.54, 1.807) is 12.1 Å². The molecule has 0 bridgehead atoms. The second-order valence-corrected chi connectivity index (χ2v) is 7.11. The lowest BCUT2D eigenvalue weighted by molar-refractivity contribution is 0.428. The summed E-state index contributed by atoms with van der Waals surface area (Å²) >= 11 is 0. The first-order valence-electron chi connectivity index (χ1n) is 6.82. The molecule has 2 rings (SSSR count). The van der Waals surface area contributed by atoms with Crippen LogP contribution in [-0.4, -0.2) is 27.5 Å². The predicted octanol–water partition coefficient (Wildman–Crippen LogP) is 1.84. The number of rotatable bonds is 4. The minimum atomic E-state index is -3.41. The summed E-state index contributed by atoms with van der Waals surface area (Å²) in [4.78, 5) is 0.365. The van der Waals surface area contributed by atoms with Gasteiger partial charge < -0.3 is 5.32 Å². The quantitative estimate of drug-likeness (QED) is 0.886. The van der Waals surface area contributed by atoms with Crippen molar-refractivity contribution >= 4 is 10.0 Å². The standard InChI is InChI=1S/C14H22N2O2S/c1-11(2)12-5-3-7-14(9-12)19(17,18)16-13-6-4-8-15-10-13/h3,5,7,9,11,13,15-16H,4,6,8,10H2,1-2H3. The van der Waals surface area contributed by atoms with E-state index in [0.29, 0.717) is 17.4 Å². The zero-order chi connectivity index (χ0) is 13.9. The zero-order valence-corrected chi connectivity index (χ0v) is 12.3. The van der Waals surface area contributed by atoms with Crippen LogP contribution in [0.4, 0.5) is 0 Å². The number of nitrogens with one attached hydrogen (secondary N) is 2. The van der Waals surface area contributed by atoms with E-state index in [-0.39, 0.29) is 6.04 Å². The molecule has 0 aliphatic carbocycles. The summed E-state index contributed by atoms with van der Waals surface area (Å²) in [6.07, 6.45) is 1.91. The van der Waals surface area contributed by atoms with Gasteiger partial charge in [-0.15, -0.1) is 0 Å². The Hall–Kier alpha value is -0.910. The van der Waals surface area contributed by atoms with E-state index in [2.05, 4.69) is 23.9 Å². The van der Waals surface area contributed by atoms with Crippen molar-refractivity contribution in [2.24, 2.45) is 0 Å². The maximum Gasteiger partial charge on any atom is 0.240 e. The van der Waals surface area contributed by atoms with Gasteiger partial charge in [0.05, 0.1) is 4.90 Å². The van der Waals surface area contributed by atoms with E-state index in [1.165, 1.54) is 0 Å². The molecule has 0 aromatic heterocycles. The third-order valence-corrected chi connectivity index (χ3v) is 4.97. The molecule has 0 spiro atoms. The van der Waals surface area contributed by atoms with E-state index < -0.39 is 10.0 Å². The Kier molecular flexibility index (Phi) is 4.60. The molecule has 1 aliphatic heterocycles. The average Bonchev–Trinajstić information content (AvgIpc) is 2.39. The Bertz CT molecular complexity index is 520. The van der Waals surface area contributed by atoms with Crippen LogP contribution in [0, 0.1) is 0 Å². The molecular formula is C14H22N2O2S. The second kappa shape index (κ2) is 6.03. The van der Waals surface area contributed by atoms with E-state index in [9.17, 15) is 8.42 Å². The average molecular weight is 282 g/mol. The Morgan fingerprint density at radius 1 is 1.37 bits per heavy atom. The van der Waals surface area contributed by atoms with Gasteiger partial charge in [0.25, 0.3) is 0 Å². The van der Waals surface area contributed by atoms with Crippen molar-refractivity contribution in [3.63, 3.8) is 0 Å². The van der Waals surface area contributed by atoms with E-state index >= 15 is 0 Å². The summed E-state index contributed by atoms with van der Waals surface area (Å²) in [6.45, 7) is 5.80. The largest absolute Gasteiger partial charge is 0.315 e. The number of piperidine rings is 1. The van der Waals surface area contributed by atoms with Crippen LogP contribution in [0.1, 0.15) is 38.2 Å². The summed E-state index contributed by atoms with van der Waals surface area (Å²) in [6, 6.07) is 7.20. The first-order valence-corrected chi connectivity index (χ1v) is 8.30. The Morgan fingerprint density at radius 3 is 2.79 bits per heavy atom. The Morgan fingerprint density at radius 2 is 2.16 bits per heavy atom. The topological polar surface area (TPSA) is 58.2 Å². The summed E-state index contributed by atoms with van der Waals surface area (Å²) in [5.41, 5.74) is 1.05. The van der Waals surface area contributed by atoms with Gasteiger partial charge in [-0.05, 0) is 43.0 Å². The van der Waals surface area contributed by atoms with Crippen LogP contribution in [-0.2, 0) is 10.0 Å². The maximum atomic E-state index is 12.3. The first-order chi connectivity index (χ1) is 8.99. The normalized spacial score (nSPS) is 20.7. The fourth-order valence-corrected chi connectivity index (χ4v) is 3.61. The van der Waals surface area contributed by atoms with Crippen molar-refractivity contribution in [3.05, 3.63) is 29.8 Å². The maximum absolute atomic E-state index is 12.3. The lowest BCUT2D eigenvalue weighted by Gasteiger charge is -2.23. The summed E-state index contributed by atoms with van der Waals surface area (Å²) in [5, 5.41) is 3.21. The van der Waals surface area contributed by atoms with E-state index in [4.69, 9.17) is 0 Å². The van der Waals surface area contributed by atoms with Crippen LogP contribution in [0.25, 0.3) is 0 Å². The fraction of sp³-hybridized carbons (Fsp3) is 0.571. The summed E-state index contributed by atoms with van der Waals surface area (Å²) in [7, 11) is -3.41. The van der Waals surface area contributed by atoms with Gasteiger partial charge in [-0.2, -0.15) is 0 Å². The van der Waals surface area contributed by atoms with E-state index in [0.717, 1.165) is 24.9 Å². The zero-order valence-electron chi connectivity index (χ0n) is 11.5. The lowest BCUT2D eigenvalue weighted by Crippen LogP contribution is -2.45. The van der Waals surface area contributed by atoms with Crippen molar-refractivity contribution in [2.75, 3.05) is 13.1 Å². The van der Waals surface area contributed by atoms with Gasteiger partial charge in [-0.3, -0.25) is 0 Å². The molecule has 19 heavy (non-hydrogen) atoms. The molecule has 0 saturated carbocycles. The SMILES string of the molecule is CC(C)c1cccc(S(=O)(=O)NC2CCCNC2)c1. The van der Waals surface area contributed by atoms with Crippen molar-refractivity contribution in [1.82, 2.24) is 10.0 Å². The minimum absolute atomic E-state index is 0.00135. The van der Waals surface area contributed by atoms with Gasteiger partial charge in [-0.1, -0.05) is 26.0 Å². The van der Waals surface area contributed by atoms with Crippen molar-refractivity contribution in [3.8, 4) is 0 Å². The number of hydrogen-bond donors (Lipinski definition) is 2. The van der Waals surface area contributed by atoms with Crippen LogP contribution in [0.15, 0.2) is 29.2 Å². The molecule has 2 N–H and O–H groups in total. The second-order valence-electron chi connectivity index (χ2n) is 5.39. The summed E-state index contributed by atoms with van der Waals surface area (Å²) in [5.74, 6) is 0.325. The molecule has 1 unspecified atom stereocenters. The Balaban J connectivity index is 2.16. The van der Waals surface area contributed by atoms with Crippen molar-refractivity contribution < 1.29 is 8.42 Å². The molecule has 1 aromatic carbocycles. The highest BCUT2D eigenvalue weighted by Crippen LogP contribution is 2.19. The van der Waals surface area contributed by atoms with Crippen LogP contribution in [0.2, 0.25) is 0 Å². The van der Waals surface area contributed by atoms with Gasteiger partial charge in [0.1, 0.15) is 0 Å². The highest BCUT2D eigenvalue weighted by Gasteiger charge is 2.21. The van der Waals surface area contributed by atoms with Gasteiger partial charge >= 0.3 is 0 Å². The van der Waals surface area contributed by atoms with Crippen LogP contribution >= 0.6 is 0 Å². The Labute approximate surface area is 115 Å². The smallest absolute Gasteiger partial charge is 0.240 e. The van der Waals surface area contributed by atoms with Gasteiger partial charge in [0, 0.05) is 12.6 Å². The highest BCUT2D eigenvalue weighted by atomic mass is 32.2. The summed E-state index contributed by atoms with van der Waals surface area (Å²) < 4.78 is 27.5. The molecule has 0 amide bonds. The van der Waals surface area contributed by atoms with Gasteiger partial charge in [0.2, 0.25) is 10.0 Å².